The number of rotatable bonds is 8. The Morgan fingerprint density at radius 1 is 1.03 bits per heavy atom. The minimum absolute atomic E-state index is 0.00934. The number of sulfone groups is 1. The summed E-state index contributed by atoms with van der Waals surface area (Å²) in [6.45, 7) is 0. The number of hydrogen-bond acceptors (Lipinski definition) is 9. The van der Waals surface area contributed by atoms with E-state index in [0.29, 0.717) is 47.6 Å². The first-order valence-corrected chi connectivity index (χ1v) is 14.7. The van der Waals surface area contributed by atoms with Crippen molar-refractivity contribution in [2.24, 2.45) is 5.92 Å². The van der Waals surface area contributed by atoms with Crippen LogP contribution in [0.2, 0.25) is 0 Å². The number of amides is 2. The van der Waals surface area contributed by atoms with Crippen LogP contribution in [0.4, 0.5) is 16.3 Å². The fraction of sp³-hybridized carbons (Fsp3) is 0.423. The van der Waals surface area contributed by atoms with E-state index >= 15 is 0 Å². The Kier molecular flexibility index (Phi) is 6.53. The van der Waals surface area contributed by atoms with Crippen molar-refractivity contribution in [3.8, 4) is 0 Å². The number of nitrogens with zero attached hydrogens (tertiary/aromatic N) is 4. The molecule has 1 saturated heterocycles. The fourth-order valence-electron chi connectivity index (χ4n) is 5.13. The van der Waals surface area contributed by atoms with Gasteiger partial charge in [-0.15, -0.1) is 0 Å². The van der Waals surface area contributed by atoms with Crippen molar-refractivity contribution in [1.29, 1.82) is 0 Å². The molecule has 11 nitrogen and oxygen atoms in total. The quantitative estimate of drug-likeness (QED) is 0.283. The van der Waals surface area contributed by atoms with E-state index in [-0.39, 0.29) is 34.9 Å². The molecule has 39 heavy (non-hydrogen) atoms. The third-order valence-electron chi connectivity index (χ3n) is 7.34. The Morgan fingerprint density at radius 2 is 1.74 bits per heavy atom. The molecule has 3 heterocycles. The van der Waals surface area contributed by atoms with Gasteiger partial charge in [-0.25, -0.2) is 12.8 Å². The molecule has 1 aromatic carbocycles. The highest BCUT2D eigenvalue weighted by Gasteiger charge is 2.30. The number of halogens is 1. The molecule has 2 aromatic heterocycles. The second kappa shape index (κ2) is 10.0. The van der Waals surface area contributed by atoms with Crippen molar-refractivity contribution >= 4 is 45.3 Å². The number of imide groups is 1. The SMILES string of the molecule is O=C1C/C(=C\c2cnn3c(NC4CC4)nc(NC4CCC(CS(=O)(=O)c5ccccc5F)CC4)nc23)C(=O)N1. The standard InChI is InChI=1S/C26H28FN7O4S/c27-20-3-1-2-4-21(20)39(37,38)14-15-5-7-18(8-6-15)29-25-32-23-17(11-16-12-22(35)31-24(16)36)13-28-34(23)26(33-25)30-19-9-10-19/h1-4,11,13,15,18-19H,5-10,12,14H2,(H,31,35,36)(H2,29,30,32,33)/b16-11+. The summed E-state index contributed by atoms with van der Waals surface area (Å²) < 4.78 is 41.2. The van der Waals surface area contributed by atoms with Gasteiger partial charge in [-0.3, -0.25) is 14.9 Å². The van der Waals surface area contributed by atoms with Crippen molar-refractivity contribution in [3.05, 3.63) is 47.4 Å². The molecule has 2 saturated carbocycles. The molecular formula is C26H28FN7O4S. The van der Waals surface area contributed by atoms with Gasteiger partial charge < -0.3 is 10.6 Å². The summed E-state index contributed by atoms with van der Waals surface area (Å²) in [6, 6.07) is 5.85. The summed E-state index contributed by atoms with van der Waals surface area (Å²) in [5, 5.41) is 13.4. The highest BCUT2D eigenvalue weighted by atomic mass is 32.2. The first-order valence-electron chi connectivity index (χ1n) is 13.1. The smallest absolute Gasteiger partial charge is 0.254 e. The highest BCUT2D eigenvalue weighted by Crippen LogP contribution is 2.31. The summed E-state index contributed by atoms with van der Waals surface area (Å²) >= 11 is 0. The van der Waals surface area contributed by atoms with Crippen LogP contribution in [0.15, 0.2) is 40.9 Å². The fourth-order valence-corrected chi connectivity index (χ4v) is 6.91. The minimum atomic E-state index is -3.71. The molecule has 3 N–H and O–H groups in total. The third-order valence-corrected chi connectivity index (χ3v) is 9.25. The van der Waals surface area contributed by atoms with Gasteiger partial charge in [-0.2, -0.15) is 19.6 Å². The number of carbonyl (C=O) groups is 2. The van der Waals surface area contributed by atoms with Gasteiger partial charge in [0, 0.05) is 23.2 Å². The van der Waals surface area contributed by atoms with E-state index in [4.69, 9.17) is 0 Å². The van der Waals surface area contributed by atoms with Gasteiger partial charge in [0.15, 0.2) is 15.5 Å². The van der Waals surface area contributed by atoms with E-state index in [0.717, 1.165) is 25.7 Å². The lowest BCUT2D eigenvalue weighted by Gasteiger charge is -2.29. The molecule has 3 aromatic rings. The first kappa shape index (κ1) is 25.4. The zero-order chi connectivity index (χ0) is 27.1. The molecule has 0 unspecified atom stereocenters. The average Bonchev–Trinajstić information content (AvgIpc) is 3.53. The molecule has 0 spiro atoms. The van der Waals surface area contributed by atoms with Crippen LogP contribution < -0.4 is 16.0 Å². The van der Waals surface area contributed by atoms with E-state index in [1.165, 1.54) is 24.3 Å². The van der Waals surface area contributed by atoms with Gasteiger partial charge in [0.05, 0.1) is 18.4 Å². The van der Waals surface area contributed by atoms with Crippen LogP contribution in [0.3, 0.4) is 0 Å². The minimum Gasteiger partial charge on any atom is -0.351 e. The van der Waals surface area contributed by atoms with Gasteiger partial charge in [-0.1, -0.05) is 12.1 Å². The largest absolute Gasteiger partial charge is 0.351 e. The number of hydrogen-bond donors (Lipinski definition) is 3. The second-order valence-corrected chi connectivity index (χ2v) is 12.4. The molecule has 6 rings (SSSR count). The molecule has 2 amide bonds. The van der Waals surface area contributed by atoms with Crippen LogP contribution in [-0.4, -0.2) is 57.7 Å². The molecule has 0 bridgehead atoms. The molecule has 0 atom stereocenters. The van der Waals surface area contributed by atoms with E-state index in [2.05, 4.69) is 31.0 Å². The van der Waals surface area contributed by atoms with Crippen LogP contribution in [0, 0.1) is 11.7 Å². The maximum atomic E-state index is 14.1. The van der Waals surface area contributed by atoms with E-state index in [1.807, 2.05) is 0 Å². The molecule has 3 aliphatic rings. The predicted molar refractivity (Wildman–Crippen MR) is 141 cm³/mol. The number of benzene rings is 1. The normalized spacial score (nSPS) is 22.8. The first-order chi connectivity index (χ1) is 18.7. The van der Waals surface area contributed by atoms with Gasteiger partial charge in [0.25, 0.3) is 5.91 Å². The van der Waals surface area contributed by atoms with Crippen molar-refractivity contribution in [1.82, 2.24) is 24.9 Å². The Labute approximate surface area is 224 Å². The Hall–Kier alpha value is -3.87. The summed E-state index contributed by atoms with van der Waals surface area (Å²) in [6.07, 6.45) is 8.09. The van der Waals surface area contributed by atoms with Crippen LogP contribution in [-0.2, 0) is 19.4 Å². The maximum Gasteiger partial charge on any atom is 0.254 e. The number of nitrogens with one attached hydrogen (secondary N) is 3. The molecule has 3 fully saturated rings. The van der Waals surface area contributed by atoms with Gasteiger partial charge in [0.2, 0.25) is 17.8 Å². The van der Waals surface area contributed by atoms with Crippen LogP contribution in [0.1, 0.15) is 50.5 Å². The predicted octanol–water partition coefficient (Wildman–Crippen LogP) is 2.71. The molecule has 204 valence electrons. The lowest BCUT2D eigenvalue weighted by atomic mass is 9.87. The van der Waals surface area contributed by atoms with E-state index < -0.39 is 21.6 Å². The van der Waals surface area contributed by atoms with E-state index in [9.17, 15) is 22.4 Å². The zero-order valence-electron chi connectivity index (χ0n) is 21.1. The van der Waals surface area contributed by atoms with Crippen molar-refractivity contribution in [2.75, 3.05) is 16.4 Å². The number of fused-ring (bicyclic) bond motifs is 1. The van der Waals surface area contributed by atoms with Crippen molar-refractivity contribution in [3.63, 3.8) is 0 Å². The van der Waals surface area contributed by atoms with Crippen LogP contribution >= 0.6 is 0 Å². The Bertz CT molecular complexity index is 1590. The molecule has 2 aliphatic carbocycles. The monoisotopic (exact) mass is 553 g/mol. The number of aromatic nitrogens is 4. The molecule has 0 radical (unpaired) electrons. The lowest BCUT2D eigenvalue weighted by molar-refractivity contribution is -0.124. The van der Waals surface area contributed by atoms with Crippen LogP contribution in [0.25, 0.3) is 11.7 Å². The van der Waals surface area contributed by atoms with Gasteiger partial charge in [-0.05, 0) is 62.7 Å². The summed E-state index contributed by atoms with van der Waals surface area (Å²) in [5.74, 6) is -0.679. The topological polar surface area (TPSA) is 147 Å². The second-order valence-electron chi connectivity index (χ2n) is 10.4. The van der Waals surface area contributed by atoms with E-state index in [1.54, 1.807) is 16.8 Å². The molecule has 1 aliphatic heterocycles. The van der Waals surface area contributed by atoms with Crippen molar-refractivity contribution < 1.29 is 22.4 Å². The maximum absolute atomic E-state index is 14.1. The zero-order valence-corrected chi connectivity index (χ0v) is 21.9. The average molecular weight is 554 g/mol. The lowest BCUT2D eigenvalue weighted by Crippen LogP contribution is -2.30. The Morgan fingerprint density at radius 3 is 2.44 bits per heavy atom. The number of anilines is 2. The molecular weight excluding hydrogens is 525 g/mol. The van der Waals surface area contributed by atoms with Crippen molar-refractivity contribution in [2.45, 2.75) is 61.9 Å². The summed E-state index contributed by atoms with van der Waals surface area (Å²) in [4.78, 5) is 32.8. The number of carbonyl (C=O) groups excluding carboxylic acids is 2. The molecule has 13 heteroatoms. The van der Waals surface area contributed by atoms with Gasteiger partial charge in [0.1, 0.15) is 10.7 Å². The Balaban J connectivity index is 1.18. The van der Waals surface area contributed by atoms with Crippen LogP contribution in [0.5, 0.6) is 0 Å². The third kappa shape index (κ3) is 5.49. The summed E-state index contributed by atoms with van der Waals surface area (Å²) in [7, 11) is -3.71. The summed E-state index contributed by atoms with van der Waals surface area (Å²) in [5.41, 5.74) is 1.45. The van der Waals surface area contributed by atoms with Gasteiger partial charge >= 0.3 is 0 Å². The highest BCUT2D eigenvalue weighted by molar-refractivity contribution is 7.91.